The Morgan fingerprint density at radius 2 is 1.76 bits per heavy atom. The molecule has 0 spiro atoms. The molecule has 2 aliphatic rings. The second kappa shape index (κ2) is 11.6. The fourth-order valence-electron chi connectivity index (χ4n) is 5.02. The number of fused-ring (bicyclic) bond motifs is 1. The number of rotatable bonds is 8. The third-order valence-electron chi connectivity index (χ3n) is 7.37. The Labute approximate surface area is 228 Å². The highest BCUT2D eigenvalue weighted by atomic mass is 35.5. The lowest BCUT2D eigenvalue weighted by molar-refractivity contribution is -0.136. The predicted octanol–water partition coefficient (Wildman–Crippen LogP) is 4.90. The molecule has 7 nitrogen and oxygen atoms in total. The molecule has 1 unspecified atom stereocenters. The lowest BCUT2D eigenvalue weighted by Crippen LogP contribution is -2.52. The molecule has 0 radical (unpaired) electrons. The van der Waals surface area contributed by atoms with E-state index in [9.17, 15) is 15.0 Å². The zero-order valence-corrected chi connectivity index (χ0v) is 22.0. The minimum absolute atomic E-state index is 0.116. The number of amides is 1. The van der Waals surface area contributed by atoms with Crippen LogP contribution in [-0.2, 0) is 17.8 Å². The molecule has 1 atom stereocenters. The normalized spacial score (nSPS) is 18.2. The number of β-amino-alcohol motifs (C(OH)–C–C–N with tert-alkyl or cyclic N) is 1. The van der Waals surface area contributed by atoms with Gasteiger partial charge in [0.25, 0.3) is 0 Å². The van der Waals surface area contributed by atoms with Crippen LogP contribution >= 0.6 is 11.6 Å². The maximum atomic E-state index is 12.7. The molecule has 198 valence electrons. The van der Waals surface area contributed by atoms with Crippen molar-refractivity contribution >= 4 is 35.2 Å². The Bertz CT molecular complexity index is 1270. The van der Waals surface area contributed by atoms with Crippen LogP contribution in [0.5, 0.6) is 0 Å². The number of aliphatic hydroxyl groups is 2. The number of piperidine rings is 1. The smallest absolute Gasteiger partial charge is 0.222 e. The molecule has 2 aliphatic heterocycles. The zero-order valence-electron chi connectivity index (χ0n) is 21.3. The van der Waals surface area contributed by atoms with Crippen LogP contribution < -0.4 is 5.32 Å². The standard InChI is InChI=1S/C30H33ClN4O3/c31-24-9-6-23(7-10-24)19-32-25-11-12-26-27(18-25)33-21-35(29(26)37)20-30(38)14-16-34(17-15-30)28(36)13-8-22-4-2-1-3-5-22/h1-7,9-12,18,21,29,32,37-38H,8,13-17,19-20H2. The molecule has 0 aliphatic carbocycles. The number of aliphatic hydroxyl groups excluding tert-OH is 1. The van der Waals surface area contributed by atoms with Gasteiger partial charge in [-0.3, -0.25) is 4.79 Å². The van der Waals surface area contributed by atoms with Gasteiger partial charge in [-0.1, -0.05) is 60.1 Å². The number of nitrogens with zero attached hydrogens (tertiary/aromatic N) is 3. The molecular formula is C30H33ClN4O3. The Morgan fingerprint density at radius 1 is 1.03 bits per heavy atom. The summed E-state index contributed by atoms with van der Waals surface area (Å²) in [6, 6.07) is 23.4. The van der Waals surface area contributed by atoms with Crippen molar-refractivity contribution in [3.8, 4) is 0 Å². The SMILES string of the molecule is O=C(CCc1ccccc1)N1CCC(O)(CN2C=Nc3cc(NCc4ccc(Cl)cc4)ccc3C2O)CC1. The number of aliphatic imine (C=N–C) groups is 1. The number of hydrogen-bond acceptors (Lipinski definition) is 6. The fraction of sp³-hybridized carbons (Fsp3) is 0.333. The maximum absolute atomic E-state index is 12.7. The fourth-order valence-corrected chi connectivity index (χ4v) is 5.15. The average Bonchev–Trinajstić information content (AvgIpc) is 2.94. The zero-order chi connectivity index (χ0) is 26.5. The largest absolute Gasteiger partial charge is 0.388 e. The topological polar surface area (TPSA) is 88.4 Å². The molecule has 0 saturated carbocycles. The second-order valence-corrected chi connectivity index (χ2v) is 10.6. The van der Waals surface area contributed by atoms with E-state index in [0.717, 1.165) is 16.8 Å². The Balaban J connectivity index is 1.13. The first-order valence-corrected chi connectivity index (χ1v) is 13.4. The number of hydrogen-bond donors (Lipinski definition) is 3. The average molecular weight is 533 g/mol. The third kappa shape index (κ3) is 6.35. The number of carbonyl (C=O) groups excluding carboxylic acids is 1. The van der Waals surface area contributed by atoms with E-state index in [1.165, 1.54) is 0 Å². The van der Waals surface area contributed by atoms with Gasteiger partial charge in [-0.25, -0.2) is 4.99 Å². The molecular weight excluding hydrogens is 500 g/mol. The lowest BCUT2D eigenvalue weighted by atomic mass is 9.90. The molecule has 1 amide bonds. The number of carbonyl (C=O) groups is 1. The highest BCUT2D eigenvalue weighted by molar-refractivity contribution is 6.30. The van der Waals surface area contributed by atoms with E-state index in [4.69, 9.17) is 11.6 Å². The number of nitrogens with one attached hydrogen (secondary N) is 1. The van der Waals surface area contributed by atoms with Crippen LogP contribution in [0, 0.1) is 0 Å². The van der Waals surface area contributed by atoms with E-state index in [2.05, 4.69) is 10.3 Å². The summed E-state index contributed by atoms with van der Waals surface area (Å²) in [6.45, 7) is 1.90. The number of likely N-dealkylation sites (tertiary alicyclic amines) is 1. The lowest BCUT2D eigenvalue weighted by Gasteiger charge is -2.42. The van der Waals surface area contributed by atoms with Crippen LogP contribution in [0.2, 0.25) is 5.02 Å². The van der Waals surface area contributed by atoms with Crippen LogP contribution in [0.25, 0.3) is 0 Å². The van der Waals surface area contributed by atoms with Gasteiger partial charge in [-0.15, -0.1) is 0 Å². The predicted molar refractivity (Wildman–Crippen MR) is 151 cm³/mol. The van der Waals surface area contributed by atoms with Gasteiger partial charge in [0.05, 0.1) is 24.2 Å². The molecule has 3 N–H and O–H groups in total. The molecule has 0 aromatic heterocycles. The summed E-state index contributed by atoms with van der Waals surface area (Å²) in [5.41, 5.74) is 3.55. The number of aryl methyl sites for hydroxylation is 1. The first kappa shape index (κ1) is 26.2. The summed E-state index contributed by atoms with van der Waals surface area (Å²) in [7, 11) is 0. The van der Waals surface area contributed by atoms with Crippen molar-refractivity contribution in [2.75, 3.05) is 25.0 Å². The van der Waals surface area contributed by atoms with E-state index in [1.54, 1.807) is 11.2 Å². The van der Waals surface area contributed by atoms with Crippen molar-refractivity contribution < 1.29 is 15.0 Å². The first-order valence-electron chi connectivity index (χ1n) is 13.0. The number of anilines is 1. The second-order valence-electron chi connectivity index (χ2n) is 10.1. The van der Waals surface area contributed by atoms with Crippen molar-refractivity contribution in [2.45, 2.75) is 44.1 Å². The van der Waals surface area contributed by atoms with Gasteiger partial charge in [-0.2, -0.15) is 0 Å². The van der Waals surface area contributed by atoms with Crippen molar-refractivity contribution in [3.05, 3.63) is 94.5 Å². The van der Waals surface area contributed by atoms with E-state index in [0.29, 0.717) is 61.6 Å². The molecule has 1 fully saturated rings. The van der Waals surface area contributed by atoms with E-state index >= 15 is 0 Å². The van der Waals surface area contributed by atoms with Gasteiger partial charge < -0.3 is 25.3 Å². The summed E-state index contributed by atoms with van der Waals surface area (Å²) >= 11 is 5.96. The number of halogens is 1. The van der Waals surface area contributed by atoms with Crippen LogP contribution in [-0.4, -0.2) is 57.5 Å². The van der Waals surface area contributed by atoms with E-state index in [1.807, 2.05) is 77.7 Å². The highest BCUT2D eigenvalue weighted by Crippen LogP contribution is 2.35. The molecule has 3 aromatic carbocycles. The highest BCUT2D eigenvalue weighted by Gasteiger charge is 2.37. The minimum Gasteiger partial charge on any atom is -0.388 e. The maximum Gasteiger partial charge on any atom is 0.222 e. The van der Waals surface area contributed by atoms with Gasteiger partial charge in [-0.05, 0) is 54.7 Å². The summed E-state index contributed by atoms with van der Waals surface area (Å²) in [5, 5.41) is 26.4. The quantitative estimate of drug-likeness (QED) is 0.384. The van der Waals surface area contributed by atoms with Gasteiger partial charge >= 0.3 is 0 Å². The molecule has 38 heavy (non-hydrogen) atoms. The molecule has 5 rings (SSSR count). The van der Waals surface area contributed by atoms with Crippen molar-refractivity contribution in [2.24, 2.45) is 4.99 Å². The Hall–Kier alpha value is -3.39. The Morgan fingerprint density at radius 3 is 2.50 bits per heavy atom. The minimum atomic E-state index is -0.999. The van der Waals surface area contributed by atoms with Crippen LogP contribution in [0.4, 0.5) is 11.4 Å². The van der Waals surface area contributed by atoms with Crippen molar-refractivity contribution in [1.82, 2.24) is 9.80 Å². The van der Waals surface area contributed by atoms with Gasteiger partial charge in [0.15, 0.2) is 6.23 Å². The summed E-state index contributed by atoms with van der Waals surface area (Å²) < 4.78 is 0. The third-order valence-corrected chi connectivity index (χ3v) is 7.62. The molecule has 1 saturated heterocycles. The van der Waals surface area contributed by atoms with Gasteiger partial charge in [0, 0.05) is 42.3 Å². The van der Waals surface area contributed by atoms with Crippen molar-refractivity contribution in [1.29, 1.82) is 0 Å². The van der Waals surface area contributed by atoms with Gasteiger partial charge in [0.1, 0.15) is 0 Å². The van der Waals surface area contributed by atoms with Crippen molar-refractivity contribution in [3.63, 3.8) is 0 Å². The first-order chi connectivity index (χ1) is 18.4. The molecule has 0 bridgehead atoms. The summed E-state index contributed by atoms with van der Waals surface area (Å²) in [5.74, 6) is 0.116. The van der Waals surface area contributed by atoms with E-state index in [-0.39, 0.29) is 12.5 Å². The van der Waals surface area contributed by atoms with Gasteiger partial charge in [0.2, 0.25) is 5.91 Å². The number of benzene rings is 3. The van der Waals surface area contributed by atoms with Crippen LogP contribution in [0.15, 0.2) is 77.8 Å². The molecule has 3 aromatic rings. The van der Waals surface area contributed by atoms with E-state index < -0.39 is 11.8 Å². The summed E-state index contributed by atoms with van der Waals surface area (Å²) in [4.78, 5) is 20.8. The van der Waals surface area contributed by atoms with Crippen LogP contribution in [0.1, 0.15) is 42.2 Å². The summed E-state index contributed by atoms with van der Waals surface area (Å²) in [6.07, 6.45) is 2.80. The Kier molecular flexibility index (Phi) is 7.98. The molecule has 8 heteroatoms. The monoisotopic (exact) mass is 532 g/mol. The van der Waals surface area contributed by atoms with Crippen LogP contribution in [0.3, 0.4) is 0 Å². The molecule has 2 heterocycles.